The monoisotopic (exact) mass is 293 g/mol. The van der Waals surface area contributed by atoms with E-state index in [1.165, 1.54) is 5.56 Å². The molecule has 0 fully saturated rings. The van der Waals surface area contributed by atoms with Gasteiger partial charge in [0.2, 0.25) is 0 Å². The van der Waals surface area contributed by atoms with Gasteiger partial charge in [-0.25, -0.2) is 0 Å². The molecule has 1 aromatic rings. The summed E-state index contributed by atoms with van der Waals surface area (Å²) >= 11 is 0. The molecule has 0 unspecified atom stereocenters. The summed E-state index contributed by atoms with van der Waals surface area (Å²) in [6.45, 7) is 8.24. The van der Waals surface area contributed by atoms with Crippen LogP contribution in [-0.2, 0) is 9.53 Å². The molecule has 4 heteroatoms. The van der Waals surface area contributed by atoms with E-state index in [2.05, 4.69) is 26.0 Å². The van der Waals surface area contributed by atoms with Crippen molar-refractivity contribution in [2.45, 2.75) is 45.3 Å². The minimum Gasteiger partial charge on any atom is -0.497 e. The highest BCUT2D eigenvalue weighted by atomic mass is 16.5. The Bertz CT molecular complexity index is 440. The van der Waals surface area contributed by atoms with Crippen LogP contribution in [0.4, 0.5) is 0 Å². The van der Waals surface area contributed by atoms with E-state index in [9.17, 15) is 4.79 Å². The Labute approximate surface area is 127 Å². The first-order valence-corrected chi connectivity index (χ1v) is 7.31. The summed E-state index contributed by atoms with van der Waals surface area (Å²) in [4.78, 5) is 10.9. The smallest absolute Gasteiger partial charge is 0.141 e. The highest BCUT2D eigenvalue weighted by Crippen LogP contribution is 2.31. The zero-order chi connectivity index (χ0) is 16.0. The van der Waals surface area contributed by atoms with E-state index in [1.54, 1.807) is 14.0 Å². The van der Waals surface area contributed by atoms with E-state index in [-0.39, 0.29) is 18.6 Å². The van der Waals surface area contributed by atoms with Crippen molar-refractivity contribution in [2.24, 2.45) is 11.7 Å². The van der Waals surface area contributed by atoms with Crippen LogP contribution in [0, 0.1) is 5.92 Å². The number of aldehydes is 1. The molecule has 118 valence electrons. The standard InChI is InChI=1S/C17H27NO3/c1-12(2)16(13(3)21-11-17(4,18)10-19)14-6-8-15(20-5)9-7-14/h6-10,12-13,16H,11,18H2,1-5H3/t13-,16+,17+/m0/s1. The first-order valence-electron chi connectivity index (χ1n) is 7.31. The summed E-state index contributed by atoms with van der Waals surface area (Å²) in [5, 5.41) is 0. The van der Waals surface area contributed by atoms with E-state index in [4.69, 9.17) is 15.2 Å². The maximum atomic E-state index is 10.9. The molecule has 0 heterocycles. The highest BCUT2D eigenvalue weighted by molar-refractivity contribution is 5.63. The van der Waals surface area contributed by atoms with Gasteiger partial charge in [-0.1, -0.05) is 26.0 Å². The molecule has 0 aliphatic heterocycles. The first-order chi connectivity index (χ1) is 9.80. The van der Waals surface area contributed by atoms with Crippen molar-refractivity contribution in [3.05, 3.63) is 29.8 Å². The van der Waals surface area contributed by atoms with Crippen LogP contribution in [0.25, 0.3) is 0 Å². The molecule has 0 radical (unpaired) electrons. The Morgan fingerprint density at radius 2 is 1.81 bits per heavy atom. The molecule has 0 bridgehead atoms. The zero-order valence-electron chi connectivity index (χ0n) is 13.6. The minimum absolute atomic E-state index is 0.0266. The molecule has 3 atom stereocenters. The summed E-state index contributed by atoms with van der Waals surface area (Å²) in [7, 11) is 1.65. The second-order valence-corrected chi connectivity index (χ2v) is 6.18. The number of carbonyl (C=O) groups is 1. The molecular weight excluding hydrogens is 266 g/mol. The van der Waals surface area contributed by atoms with Crippen LogP contribution in [0.2, 0.25) is 0 Å². The van der Waals surface area contributed by atoms with Crippen molar-refractivity contribution in [3.8, 4) is 5.75 Å². The van der Waals surface area contributed by atoms with Gasteiger partial charge in [0.05, 0.1) is 25.4 Å². The van der Waals surface area contributed by atoms with Crippen molar-refractivity contribution >= 4 is 6.29 Å². The summed E-state index contributed by atoms with van der Waals surface area (Å²) in [5.74, 6) is 1.48. The molecule has 0 aliphatic carbocycles. The number of ether oxygens (including phenoxy) is 2. The summed E-state index contributed by atoms with van der Waals surface area (Å²) < 4.78 is 11.0. The maximum Gasteiger partial charge on any atom is 0.141 e. The number of methoxy groups -OCH3 is 1. The Hall–Kier alpha value is -1.39. The molecule has 4 nitrogen and oxygen atoms in total. The van der Waals surface area contributed by atoms with E-state index in [1.807, 2.05) is 19.1 Å². The van der Waals surface area contributed by atoms with Crippen LogP contribution in [0.15, 0.2) is 24.3 Å². The molecular formula is C17H27NO3. The van der Waals surface area contributed by atoms with Gasteiger partial charge >= 0.3 is 0 Å². The lowest BCUT2D eigenvalue weighted by Crippen LogP contribution is -2.44. The Kier molecular flexibility index (Phi) is 6.37. The fourth-order valence-electron chi connectivity index (χ4n) is 2.47. The molecule has 1 rings (SSSR count). The zero-order valence-corrected chi connectivity index (χ0v) is 13.6. The lowest BCUT2D eigenvalue weighted by molar-refractivity contribution is -0.114. The SMILES string of the molecule is COc1ccc([C@H](C(C)C)[C@H](C)OC[C@](C)(N)C=O)cc1. The molecule has 0 aliphatic rings. The van der Waals surface area contributed by atoms with Gasteiger partial charge < -0.3 is 20.0 Å². The number of benzene rings is 1. The van der Waals surface area contributed by atoms with Gasteiger partial charge in [0, 0.05) is 5.92 Å². The third-order valence-corrected chi connectivity index (χ3v) is 3.65. The fraction of sp³-hybridized carbons (Fsp3) is 0.588. The number of nitrogens with two attached hydrogens (primary N) is 1. The minimum atomic E-state index is -0.935. The van der Waals surface area contributed by atoms with Crippen LogP contribution in [-0.4, -0.2) is 31.6 Å². The second-order valence-electron chi connectivity index (χ2n) is 6.18. The van der Waals surface area contributed by atoms with Crippen molar-refractivity contribution in [1.82, 2.24) is 0 Å². The molecule has 0 saturated heterocycles. The molecule has 1 aromatic carbocycles. The summed E-state index contributed by atoms with van der Waals surface area (Å²) in [6.07, 6.45) is 0.707. The van der Waals surface area contributed by atoms with Crippen LogP contribution < -0.4 is 10.5 Å². The lowest BCUT2D eigenvalue weighted by atomic mass is 9.84. The van der Waals surface area contributed by atoms with Gasteiger partial charge in [-0.3, -0.25) is 0 Å². The molecule has 0 amide bonds. The molecule has 0 saturated carbocycles. The van der Waals surface area contributed by atoms with Crippen molar-refractivity contribution < 1.29 is 14.3 Å². The van der Waals surface area contributed by atoms with E-state index >= 15 is 0 Å². The van der Waals surface area contributed by atoms with Gasteiger partial charge in [0.25, 0.3) is 0 Å². The summed E-state index contributed by atoms with van der Waals surface area (Å²) in [5.41, 5.74) is 6.07. The molecule has 2 N–H and O–H groups in total. The van der Waals surface area contributed by atoms with Crippen LogP contribution >= 0.6 is 0 Å². The third kappa shape index (κ3) is 5.14. The number of hydrogen-bond donors (Lipinski definition) is 1. The van der Waals surface area contributed by atoms with Gasteiger partial charge in [-0.15, -0.1) is 0 Å². The molecule has 0 aromatic heterocycles. The fourth-order valence-corrected chi connectivity index (χ4v) is 2.47. The van der Waals surface area contributed by atoms with E-state index in [0.29, 0.717) is 5.92 Å². The number of carbonyl (C=O) groups excluding carboxylic acids is 1. The Morgan fingerprint density at radius 3 is 2.24 bits per heavy atom. The Morgan fingerprint density at radius 1 is 1.24 bits per heavy atom. The predicted molar refractivity (Wildman–Crippen MR) is 84.6 cm³/mol. The maximum absolute atomic E-state index is 10.9. The predicted octanol–water partition coefficient (Wildman–Crippen LogP) is 2.76. The number of rotatable bonds is 8. The largest absolute Gasteiger partial charge is 0.497 e. The van der Waals surface area contributed by atoms with Crippen molar-refractivity contribution in [3.63, 3.8) is 0 Å². The molecule has 0 spiro atoms. The quantitative estimate of drug-likeness (QED) is 0.749. The highest BCUT2D eigenvalue weighted by Gasteiger charge is 2.26. The lowest BCUT2D eigenvalue weighted by Gasteiger charge is -2.30. The van der Waals surface area contributed by atoms with Crippen LogP contribution in [0.5, 0.6) is 5.75 Å². The average molecular weight is 293 g/mol. The van der Waals surface area contributed by atoms with E-state index in [0.717, 1.165) is 12.0 Å². The first kappa shape index (κ1) is 17.7. The number of hydrogen-bond acceptors (Lipinski definition) is 4. The van der Waals surface area contributed by atoms with Crippen LogP contribution in [0.1, 0.15) is 39.2 Å². The van der Waals surface area contributed by atoms with Gasteiger partial charge in [-0.05, 0) is 37.5 Å². The van der Waals surface area contributed by atoms with Gasteiger partial charge in [-0.2, -0.15) is 0 Å². The van der Waals surface area contributed by atoms with Gasteiger partial charge in [0.1, 0.15) is 12.0 Å². The van der Waals surface area contributed by atoms with Gasteiger partial charge in [0.15, 0.2) is 0 Å². The second kappa shape index (κ2) is 7.57. The van der Waals surface area contributed by atoms with E-state index < -0.39 is 5.54 Å². The van der Waals surface area contributed by atoms with Crippen LogP contribution in [0.3, 0.4) is 0 Å². The third-order valence-electron chi connectivity index (χ3n) is 3.65. The molecule has 21 heavy (non-hydrogen) atoms. The van der Waals surface area contributed by atoms with Crippen molar-refractivity contribution in [1.29, 1.82) is 0 Å². The average Bonchev–Trinajstić information content (AvgIpc) is 2.46. The summed E-state index contributed by atoms with van der Waals surface area (Å²) in [6, 6.07) is 8.03. The Balaban J connectivity index is 2.82. The topological polar surface area (TPSA) is 61.6 Å². The van der Waals surface area contributed by atoms with Crippen molar-refractivity contribution in [2.75, 3.05) is 13.7 Å². The normalized spacial score (nSPS) is 17.1.